The van der Waals surface area contributed by atoms with Gasteiger partial charge in [-0.1, -0.05) is 6.07 Å². The minimum Gasteiger partial charge on any atom is -0.394 e. The van der Waals surface area contributed by atoms with Crippen LogP contribution >= 0.6 is 11.8 Å². The van der Waals surface area contributed by atoms with Crippen LogP contribution < -0.4 is 5.32 Å². The Morgan fingerprint density at radius 2 is 2.43 bits per heavy atom. The van der Waals surface area contributed by atoms with Crippen molar-refractivity contribution >= 4 is 11.8 Å². The normalized spacial score (nSPS) is 20.6. The minimum absolute atomic E-state index is 0.134. The van der Waals surface area contributed by atoms with Crippen LogP contribution in [0.2, 0.25) is 0 Å². The van der Waals surface area contributed by atoms with Gasteiger partial charge in [0.2, 0.25) is 0 Å². The van der Waals surface area contributed by atoms with Crippen LogP contribution in [-0.4, -0.2) is 24.5 Å². The molecule has 0 fully saturated rings. The Hall–Kier alpha value is -0.510. The van der Waals surface area contributed by atoms with E-state index in [1.165, 1.54) is 16.0 Å². The predicted molar refractivity (Wildman–Crippen MR) is 59.8 cm³/mol. The predicted octanol–water partition coefficient (Wildman–Crippen LogP) is 1.59. The third-order valence-corrected chi connectivity index (χ3v) is 3.42. The topological polar surface area (TPSA) is 32.3 Å². The van der Waals surface area contributed by atoms with Gasteiger partial charge in [0.25, 0.3) is 0 Å². The Labute approximate surface area is 88.7 Å². The van der Waals surface area contributed by atoms with Crippen LogP contribution in [0.25, 0.3) is 0 Å². The van der Waals surface area contributed by atoms with E-state index in [-0.39, 0.29) is 12.6 Å². The lowest BCUT2D eigenvalue weighted by molar-refractivity contribution is 0.240. The summed E-state index contributed by atoms with van der Waals surface area (Å²) in [4.78, 5) is 1.31. The molecule has 2 N–H and O–H groups in total. The second-order valence-corrected chi connectivity index (χ2v) is 4.38. The highest BCUT2D eigenvalue weighted by molar-refractivity contribution is 7.98. The lowest BCUT2D eigenvalue weighted by atomic mass is 9.95. The average Bonchev–Trinajstić information content (AvgIpc) is 2.27. The molecule has 0 amide bonds. The van der Waals surface area contributed by atoms with E-state index in [0.29, 0.717) is 0 Å². The minimum atomic E-state index is 0.134. The van der Waals surface area contributed by atoms with Gasteiger partial charge in [-0.3, -0.25) is 0 Å². The second kappa shape index (κ2) is 4.34. The summed E-state index contributed by atoms with van der Waals surface area (Å²) in [5.41, 5.74) is 2.64. The fourth-order valence-corrected chi connectivity index (χ4v) is 2.38. The second-order valence-electron chi connectivity index (χ2n) is 3.50. The van der Waals surface area contributed by atoms with Crippen molar-refractivity contribution in [3.63, 3.8) is 0 Å². The van der Waals surface area contributed by atoms with Gasteiger partial charge in [-0.05, 0) is 42.5 Å². The number of benzene rings is 1. The van der Waals surface area contributed by atoms with Crippen molar-refractivity contribution in [3.8, 4) is 0 Å². The van der Waals surface area contributed by atoms with Gasteiger partial charge in [-0.15, -0.1) is 11.8 Å². The molecule has 0 aromatic heterocycles. The summed E-state index contributed by atoms with van der Waals surface area (Å²) >= 11 is 1.77. The molecule has 0 spiro atoms. The molecule has 76 valence electrons. The number of aliphatic hydroxyl groups is 1. The van der Waals surface area contributed by atoms with E-state index < -0.39 is 0 Å². The van der Waals surface area contributed by atoms with Crippen LogP contribution in [0.5, 0.6) is 0 Å². The largest absolute Gasteiger partial charge is 0.394 e. The number of hydrogen-bond acceptors (Lipinski definition) is 3. The van der Waals surface area contributed by atoms with Crippen molar-refractivity contribution < 1.29 is 5.11 Å². The molecule has 2 nitrogen and oxygen atoms in total. The van der Waals surface area contributed by atoms with Crippen LogP contribution in [0.3, 0.4) is 0 Å². The molecular formula is C11H15NOS. The molecule has 1 unspecified atom stereocenters. The van der Waals surface area contributed by atoms with E-state index in [2.05, 4.69) is 29.8 Å². The molecule has 1 aromatic carbocycles. The first-order valence-electron chi connectivity index (χ1n) is 4.86. The van der Waals surface area contributed by atoms with Crippen molar-refractivity contribution in [2.75, 3.05) is 19.4 Å². The summed E-state index contributed by atoms with van der Waals surface area (Å²) in [5, 5.41) is 12.5. The Bertz CT molecular complexity index is 327. The lowest BCUT2D eigenvalue weighted by Crippen LogP contribution is -2.31. The zero-order valence-corrected chi connectivity index (χ0v) is 9.10. The van der Waals surface area contributed by atoms with Gasteiger partial charge in [-0.2, -0.15) is 0 Å². The molecule has 1 aromatic rings. The molecule has 1 aliphatic heterocycles. The number of thioether (sulfide) groups is 1. The fourth-order valence-electron chi connectivity index (χ4n) is 1.92. The number of aliphatic hydroxyl groups excluding tert-OH is 1. The van der Waals surface area contributed by atoms with Gasteiger partial charge in [0.15, 0.2) is 0 Å². The monoisotopic (exact) mass is 209 g/mol. The van der Waals surface area contributed by atoms with Crippen molar-refractivity contribution in [2.24, 2.45) is 0 Å². The zero-order valence-electron chi connectivity index (χ0n) is 8.29. The molecule has 14 heavy (non-hydrogen) atoms. The summed E-state index contributed by atoms with van der Waals surface area (Å²) in [6.45, 7) is 1.15. The molecule has 0 saturated heterocycles. The van der Waals surface area contributed by atoms with Gasteiger partial charge < -0.3 is 10.4 Å². The Morgan fingerprint density at radius 3 is 3.14 bits per heavy atom. The first-order chi connectivity index (χ1) is 6.85. The van der Waals surface area contributed by atoms with Crippen LogP contribution in [-0.2, 0) is 6.42 Å². The Morgan fingerprint density at radius 1 is 1.57 bits per heavy atom. The lowest BCUT2D eigenvalue weighted by Gasteiger charge is -2.25. The maximum absolute atomic E-state index is 9.20. The van der Waals surface area contributed by atoms with Gasteiger partial charge in [0.05, 0.1) is 12.6 Å². The molecule has 0 radical (unpaired) electrons. The fraction of sp³-hybridized carbons (Fsp3) is 0.455. The van der Waals surface area contributed by atoms with Crippen LogP contribution in [0.1, 0.15) is 17.2 Å². The van der Waals surface area contributed by atoms with Crippen LogP contribution in [0, 0.1) is 0 Å². The van der Waals surface area contributed by atoms with Crippen molar-refractivity contribution in [1.29, 1.82) is 0 Å². The number of nitrogens with one attached hydrogen (secondary N) is 1. The molecule has 0 aliphatic carbocycles. The summed E-state index contributed by atoms with van der Waals surface area (Å²) in [7, 11) is 0. The number of rotatable bonds is 2. The van der Waals surface area contributed by atoms with Gasteiger partial charge in [0, 0.05) is 4.90 Å². The highest BCUT2D eigenvalue weighted by Crippen LogP contribution is 2.26. The van der Waals surface area contributed by atoms with Crippen LogP contribution in [0.4, 0.5) is 0 Å². The summed E-state index contributed by atoms with van der Waals surface area (Å²) in [6, 6.07) is 6.63. The maximum Gasteiger partial charge on any atom is 0.0626 e. The van der Waals surface area contributed by atoms with Crippen molar-refractivity contribution in [2.45, 2.75) is 17.4 Å². The summed E-state index contributed by atoms with van der Waals surface area (Å²) in [6.07, 6.45) is 3.16. The SMILES string of the molecule is CSc1ccc2c(c1)CCNC2CO. The van der Waals surface area contributed by atoms with Crippen molar-refractivity contribution in [1.82, 2.24) is 5.32 Å². The van der Waals surface area contributed by atoms with Gasteiger partial charge in [0.1, 0.15) is 0 Å². The zero-order chi connectivity index (χ0) is 9.97. The molecule has 3 heteroatoms. The molecule has 2 rings (SSSR count). The average molecular weight is 209 g/mol. The molecule has 1 heterocycles. The van der Waals surface area contributed by atoms with E-state index in [1.807, 2.05) is 0 Å². The summed E-state index contributed by atoms with van der Waals surface area (Å²) in [5.74, 6) is 0. The third kappa shape index (κ3) is 1.80. The third-order valence-electron chi connectivity index (χ3n) is 2.69. The molecule has 0 bridgehead atoms. The summed E-state index contributed by atoms with van der Waals surface area (Å²) < 4.78 is 0. The van der Waals surface area contributed by atoms with Gasteiger partial charge in [-0.25, -0.2) is 0 Å². The van der Waals surface area contributed by atoms with E-state index in [4.69, 9.17) is 0 Å². The quantitative estimate of drug-likeness (QED) is 0.725. The first-order valence-corrected chi connectivity index (χ1v) is 6.08. The Balaban J connectivity index is 2.35. The van der Waals surface area contributed by atoms with Gasteiger partial charge >= 0.3 is 0 Å². The molecular weight excluding hydrogens is 194 g/mol. The van der Waals surface area contributed by atoms with E-state index >= 15 is 0 Å². The molecule has 1 atom stereocenters. The van der Waals surface area contributed by atoms with E-state index in [9.17, 15) is 5.11 Å². The smallest absolute Gasteiger partial charge is 0.0626 e. The standard InChI is InChI=1S/C11H15NOS/c1-14-9-2-3-10-8(6-9)4-5-12-11(10)7-13/h2-3,6,11-13H,4-5,7H2,1H3. The number of hydrogen-bond donors (Lipinski definition) is 2. The highest BCUT2D eigenvalue weighted by atomic mass is 32.2. The first kappa shape index (κ1) is 10.0. The van der Waals surface area contributed by atoms with E-state index in [1.54, 1.807) is 11.8 Å². The molecule has 1 aliphatic rings. The molecule has 0 saturated carbocycles. The van der Waals surface area contributed by atoms with E-state index in [0.717, 1.165) is 13.0 Å². The Kier molecular flexibility index (Phi) is 3.11. The number of fused-ring (bicyclic) bond motifs is 1. The maximum atomic E-state index is 9.20. The van der Waals surface area contributed by atoms with Crippen molar-refractivity contribution in [3.05, 3.63) is 29.3 Å². The van der Waals surface area contributed by atoms with Crippen LogP contribution in [0.15, 0.2) is 23.1 Å². The highest BCUT2D eigenvalue weighted by Gasteiger charge is 2.18.